The van der Waals surface area contributed by atoms with E-state index in [0.717, 1.165) is 61.7 Å². The van der Waals surface area contributed by atoms with Crippen LogP contribution >= 0.6 is 0 Å². The fourth-order valence-corrected chi connectivity index (χ4v) is 4.84. The van der Waals surface area contributed by atoms with E-state index in [1.54, 1.807) is 6.33 Å². The number of carbonyl (C=O) groups is 2. The highest BCUT2D eigenvalue weighted by molar-refractivity contribution is 5.87. The van der Waals surface area contributed by atoms with Gasteiger partial charge in [-0.05, 0) is 25.1 Å². The third-order valence-electron chi connectivity index (χ3n) is 6.59. The van der Waals surface area contributed by atoms with Crippen molar-refractivity contribution in [2.45, 2.75) is 18.1 Å². The minimum atomic E-state index is -0.863. The number of benzene rings is 1. The van der Waals surface area contributed by atoms with Gasteiger partial charge >= 0.3 is 0 Å². The number of rotatable bonds is 3. The van der Waals surface area contributed by atoms with Gasteiger partial charge in [-0.1, -0.05) is 30.3 Å². The number of hydrogen-bond acceptors (Lipinski definition) is 8. The number of piperazine rings is 1. The van der Waals surface area contributed by atoms with Crippen molar-refractivity contribution >= 4 is 29.8 Å². The Labute approximate surface area is 203 Å². The molecule has 0 aliphatic carbocycles. The molecule has 5 rings (SSSR count). The Hall–Kier alpha value is -3.54. The zero-order valence-corrected chi connectivity index (χ0v) is 19.7. The van der Waals surface area contributed by atoms with Crippen molar-refractivity contribution < 1.29 is 24.9 Å². The maximum absolute atomic E-state index is 11.9. The standard InChI is InChI=1S/C22H28N6O.2CH2O2/c1-26-11-13-27(14-12-26)19-15-28(21-18-7-9-23-20(18)24-16-25-21)10-8-22(19,29)17-5-3-2-4-6-17;2*2-1-3/h2-7,9,16,19,29H,8,10-15H2,1H3,(H,23,24,25);2*1H,(H,2,3)/t19-,22+;;/m1../s1. The lowest BCUT2D eigenvalue weighted by atomic mass is 9.79. The largest absolute Gasteiger partial charge is 0.483 e. The summed E-state index contributed by atoms with van der Waals surface area (Å²) in [5.41, 5.74) is 1.01. The van der Waals surface area contributed by atoms with Gasteiger partial charge in [0.2, 0.25) is 0 Å². The number of hydrogen-bond donors (Lipinski definition) is 4. The van der Waals surface area contributed by atoms with Gasteiger partial charge in [-0.25, -0.2) is 9.97 Å². The molecule has 2 fully saturated rings. The molecule has 1 aromatic carbocycles. The maximum Gasteiger partial charge on any atom is 0.290 e. The zero-order valence-electron chi connectivity index (χ0n) is 19.7. The summed E-state index contributed by atoms with van der Waals surface area (Å²) in [6.45, 7) is 4.98. The van der Waals surface area contributed by atoms with E-state index in [0.29, 0.717) is 6.42 Å². The first-order valence-electron chi connectivity index (χ1n) is 11.4. The van der Waals surface area contributed by atoms with E-state index < -0.39 is 5.60 Å². The molecule has 2 atom stereocenters. The number of anilines is 1. The fraction of sp³-hybridized carbons (Fsp3) is 0.417. The number of fused-ring (bicyclic) bond motifs is 1. The van der Waals surface area contributed by atoms with Gasteiger partial charge in [-0.2, -0.15) is 0 Å². The predicted octanol–water partition coefficient (Wildman–Crippen LogP) is 1.07. The van der Waals surface area contributed by atoms with Crippen LogP contribution in [0.2, 0.25) is 0 Å². The molecule has 11 heteroatoms. The van der Waals surface area contributed by atoms with Crippen molar-refractivity contribution in [1.29, 1.82) is 0 Å². The normalized spacial score (nSPS) is 22.9. The first kappa shape index (κ1) is 26.1. The molecule has 0 saturated carbocycles. The van der Waals surface area contributed by atoms with Crippen LogP contribution in [0, 0.1) is 0 Å². The van der Waals surface area contributed by atoms with Crippen LogP contribution < -0.4 is 4.90 Å². The summed E-state index contributed by atoms with van der Waals surface area (Å²) in [4.78, 5) is 36.0. The molecule has 4 heterocycles. The molecular weight excluding hydrogens is 452 g/mol. The van der Waals surface area contributed by atoms with E-state index in [-0.39, 0.29) is 19.0 Å². The van der Waals surface area contributed by atoms with Crippen molar-refractivity contribution in [2.75, 3.05) is 51.2 Å². The lowest BCUT2D eigenvalue weighted by Gasteiger charge is -2.51. The smallest absolute Gasteiger partial charge is 0.290 e. The van der Waals surface area contributed by atoms with Crippen LogP contribution in [0.25, 0.3) is 11.0 Å². The summed E-state index contributed by atoms with van der Waals surface area (Å²) in [5, 5.41) is 26.8. The Morgan fingerprint density at radius 2 is 1.66 bits per heavy atom. The predicted molar refractivity (Wildman–Crippen MR) is 131 cm³/mol. The number of nitrogens with one attached hydrogen (secondary N) is 1. The van der Waals surface area contributed by atoms with E-state index in [4.69, 9.17) is 19.8 Å². The van der Waals surface area contributed by atoms with Crippen molar-refractivity contribution in [2.24, 2.45) is 0 Å². The molecule has 2 aliphatic heterocycles. The number of aromatic amines is 1. The number of carboxylic acid groups (broad SMARTS) is 2. The third kappa shape index (κ3) is 5.94. The highest BCUT2D eigenvalue weighted by atomic mass is 16.3. The first-order valence-corrected chi connectivity index (χ1v) is 11.4. The summed E-state index contributed by atoms with van der Waals surface area (Å²) >= 11 is 0. The van der Waals surface area contributed by atoms with Gasteiger partial charge in [0.15, 0.2) is 0 Å². The van der Waals surface area contributed by atoms with Crippen LogP contribution in [-0.4, -0.2) is 105 Å². The fourth-order valence-electron chi connectivity index (χ4n) is 4.84. The third-order valence-corrected chi connectivity index (χ3v) is 6.59. The topological polar surface area (TPSA) is 146 Å². The molecule has 2 saturated heterocycles. The van der Waals surface area contributed by atoms with Crippen LogP contribution in [-0.2, 0) is 15.2 Å². The summed E-state index contributed by atoms with van der Waals surface area (Å²) < 4.78 is 0. The number of aliphatic hydroxyl groups is 1. The minimum Gasteiger partial charge on any atom is -0.483 e. The first-order chi connectivity index (χ1) is 17.0. The lowest BCUT2D eigenvalue weighted by molar-refractivity contribution is -0.123. The van der Waals surface area contributed by atoms with Crippen molar-refractivity contribution in [3.63, 3.8) is 0 Å². The summed E-state index contributed by atoms with van der Waals surface area (Å²) in [5.74, 6) is 0.950. The zero-order chi connectivity index (χ0) is 25.3. The van der Waals surface area contributed by atoms with Gasteiger partial charge in [-0.15, -0.1) is 0 Å². The lowest BCUT2D eigenvalue weighted by Crippen LogP contribution is -2.64. The quantitative estimate of drug-likeness (QED) is 0.398. The van der Waals surface area contributed by atoms with Crippen molar-refractivity contribution in [3.05, 3.63) is 54.5 Å². The minimum absolute atomic E-state index is 0.0105. The van der Waals surface area contributed by atoms with E-state index in [1.165, 1.54) is 0 Å². The van der Waals surface area contributed by atoms with E-state index in [9.17, 15) is 5.11 Å². The van der Waals surface area contributed by atoms with Crippen molar-refractivity contribution in [1.82, 2.24) is 24.8 Å². The monoisotopic (exact) mass is 484 g/mol. The SMILES string of the molecule is CN1CCN([C@@H]2CN(c3ncnc4[nH]ccc34)CC[C@]2(O)c2ccccc2)CC1.O=CO.O=CO. The van der Waals surface area contributed by atoms with Gasteiger partial charge < -0.3 is 30.1 Å². The number of nitrogens with zero attached hydrogens (tertiary/aromatic N) is 5. The molecule has 2 aromatic heterocycles. The molecule has 0 radical (unpaired) electrons. The summed E-state index contributed by atoms with van der Waals surface area (Å²) in [6.07, 6.45) is 4.20. The molecule has 0 bridgehead atoms. The molecule has 2 aliphatic rings. The number of piperidine rings is 1. The highest BCUT2D eigenvalue weighted by Gasteiger charge is 2.46. The van der Waals surface area contributed by atoms with E-state index >= 15 is 0 Å². The number of aromatic nitrogens is 3. The second kappa shape index (κ2) is 12.2. The van der Waals surface area contributed by atoms with Crippen LogP contribution in [0.1, 0.15) is 12.0 Å². The molecule has 0 spiro atoms. The van der Waals surface area contributed by atoms with Gasteiger partial charge in [-0.3, -0.25) is 14.5 Å². The second-order valence-corrected chi connectivity index (χ2v) is 8.49. The summed E-state index contributed by atoms with van der Waals surface area (Å²) in [6, 6.07) is 12.2. The average molecular weight is 485 g/mol. The Bertz CT molecular complexity index is 1070. The number of likely N-dealkylation sites (N-methyl/N-ethyl adjacent to an activating group) is 1. The molecule has 0 unspecified atom stereocenters. The van der Waals surface area contributed by atoms with Crippen molar-refractivity contribution in [3.8, 4) is 0 Å². The highest BCUT2D eigenvalue weighted by Crippen LogP contribution is 2.38. The van der Waals surface area contributed by atoms with E-state index in [1.807, 2.05) is 30.5 Å². The van der Waals surface area contributed by atoms with Crippen LogP contribution in [0.5, 0.6) is 0 Å². The summed E-state index contributed by atoms with van der Waals surface area (Å²) in [7, 11) is 2.16. The maximum atomic E-state index is 11.9. The number of H-pyrrole nitrogens is 1. The molecule has 0 amide bonds. The van der Waals surface area contributed by atoms with Crippen LogP contribution in [0.15, 0.2) is 48.9 Å². The van der Waals surface area contributed by atoms with Crippen LogP contribution in [0.3, 0.4) is 0 Å². The molecule has 188 valence electrons. The molecular formula is C24H32N6O5. The van der Waals surface area contributed by atoms with E-state index in [2.05, 4.69) is 48.8 Å². The molecule has 11 nitrogen and oxygen atoms in total. The Morgan fingerprint density at radius 1 is 1.00 bits per heavy atom. The Balaban J connectivity index is 0.000000520. The Kier molecular flexibility index (Phi) is 9.12. The van der Waals surface area contributed by atoms with Gasteiger partial charge in [0.25, 0.3) is 12.9 Å². The molecule has 4 N–H and O–H groups in total. The molecule has 35 heavy (non-hydrogen) atoms. The van der Waals surface area contributed by atoms with Gasteiger partial charge in [0.1, 0.15) is 23.4 Å². The second-order valence-electron chi connectivity index (χ2n) is 8.49. The average Bonchev–Trinajstić information content (AvgIpc) is 3.36. The van der Waals surface area contributed by atoms with Crippen LogP contribution in [0.4, 0.5) is 5.82 Å². The van der Waals surface area contributed by atoms with Gasteiger partial charge in [0, 0.05) is 45.5 Å². The Morgan fingerprint density at radius 3 is 2.31 bits per heavy atom. The van der Waals surface area contributed by atoms with Gasteiger partial charge in [0.05, 0.1) is 11.4 Å². The molecule has 3 aromatic rings.